The molecule has 1 aliphatic heterocycles. The highest BCUT2D eigenvalue weighted by Crippen LogP contribution is 2.19. The minimum atomic E-state index is -0.500. The van der Waals surface area contributed by atoms with Gasteiger partial charge >= 0.3 is 6.09 Å². The number of ether oxygens (including phenoxy) is 2. The molecule has 0 aliphatic carbocycles. The van der Waals surface area contributed by atoms with Crippen LogP contribution in [0, 0.1) is 5.92 Å². The third-order valence-electron chi connectivity index (χ3n) is 2.29. The molecule has 1 fully saturated rings. The standard InChI is InChI=1S/C11H20N2O4/c1-11(2,3)17-10(15)13-5-8(6-13)9(14)12-7-16-4/h8H,5-7H2,1-4H3,(H,12,14). The van der Waals surface area contributed by atoms with Crippen LogP contribution in [0.2, 0.25) is 0 Å². The Labute approximate surface area is 101 Å². The van der Waals surface area contributed by atoms with Crippen LogP contribution in [-0.2, 0) is 14.3 Å². The summed E-state index contributed by atoms with van der Waals surface area (Å²) in [6.07, 6.45) is -0.367. The highest BCUT2D eigenvalue weighted by atomic mass is 16.6. The molecule has 0 unspecified atom stereocenters. The second kappa shape index (κ2) is 5.35. The minimum absolute atomic E-state index is 0.0911. The average molecular weight is 244 g/mol. The second-order valence-electron chi connectivity index (χ2n) is 5.06. The van der Waals surface area contributed by atoms with E-state index in [1.165, 1.54) is 12.0 Å². The van der Waals surface area contributed by atoms with Gasteiger partial charge in [-0.1, -0.05) is 0 Å². The minimum Gasteiger partial charge on any atom is -0.444 e. The summed E-state index contributed by atoms with van der Waals surface area (Å²) in [5.74, 6) is -0.246. The van der Waals surface area contributed by atoms with Crippen molar-refractivity contribution in [2.24, 2.45) is 5.92 Å². The molecule has 0 radical (unpaired) electrons. The average Bonchev–Trinajstić information content (AvgIpc) is 2.09. The molecular formula is C11H20N2O4. The van der Waals surface area contributed by atoms with Crippen molar-refractivity contribution in [1.82, 2.24) is 10.2 Å². The van der Waals surface area contributed by atoms with E-state index in [4.69, 9.17) is 9.47 Å². The summed E-state index contributed by atoms with van der Waals surface area (Å²) in [6, 6.07) is 0. The van der Waals surface area contributed by atoms with Crippen molar-refractivity contribution in [3.63, 3.8) is 0 Å². The van der Waals surface area contributed by atoms with E-state index in [1.54, 1.807) is 0 Å². The maximum atomic E-state index is 11.6. The lowest BCUT2D eigenvalue weighted by Crippen LogP contribution is -2.56. The van der Waals surface area contributed by atoms with Gasteiger partial charge in [-0.15, -0.1) is 0 Å². The predicted molar refractivity (Wildman–Crippen MR) is 61.3 cm³/mol. The monoisotopic (exact) mass is 244 g/mol. The molecule has 1 N–H and O–H groups in total. The van der Waals surface area contributed by atoms with Crippen LogP contribution in [0.5, 0.6) is 0 Å². The summed E-state index contributed by atoms with van der Waals surface area (Å²) in [4.78, 5) is 24.6. The van der Waals surface area contributed by atoms with E-state index in [9.17, 15) is 9.59 Å². The van der Waals surface area contributed by atoms with Crippen LogP contribution in [0.15, 0.2) is 0 Å². The summed E-state index contributed by atoms with van der Waals surface area (Å²) < 4.78 is 9.92. The van der Waals surface area contributed by atoms with E-state index >= 15 is 0 Å². The lowest BCUT2D eigenvalue weighted by molar-refractivity contribution is -0.131. The lowest BCUT2D eigenvalue weighted by atomic mass is 10.0. The Morgan fingerprint density at radius 1 is 1.35 bits per heavy atom. The van der Waals surface area contributed by atoms with Crippen molar-refractivity contribution >= 4 is 12.0 Å². The predicted octanol–water partition coefficient (Wildman–Crippen LogP) is 0.573. The number of rotatable bonds is 3. The third-order valence-corrected chi connectivity index (χ3v) is 2.29. The molecule has 1 saturated heterocycles. The van der Waals surface area contributed by atoms with E-state index in [2.05, 4.69) is 5.32 Å². The topological polar surface area (TPSA) is 67.9 Å². The third kappa shape index (κ3) is 4.22. The van der Waals surface area contributed by atoms with E-state index in [0.29, 0.717) is 13.1 Å². The van der Waals surface area contributed by atoms with E-state index < -0.39 is 5.60 Å². The Morgan fingerprint density at radius 3 is 2.41 bits per heavy atom. The maximum absolute atomic E-state index is 11.6. The smallest absolute Gasteiger partial charge is 0.410 e. The molecule has 6 heteroatoms. The molecule has 2 amide bonds. The molecular weight excluding hydrogens is 224 g/mol. The number of hydrogen-bond donors (Lipinski definition) is 1. The molecule has 0 atom stereocenters. The zero-order chi connectivity index (χ0) is 13.1. The first-order chi connectivity index (χ1) is 7.83. The molecule has 0 aromatic rings. The van der Waals surface area contributed by atoms with Crippen LogP contribution < -0.4 is 5.32 Å². The van der Waals surface area contributed by atoms with Gasteiger partial charge in [-0.05, 0) is 20.8 Å². The number of nitrogens with zero attached hydrogens (tertiary/aromatic N) is 1. The van der Waals surface area contributed by atoms with Crippen molar-refractivity contribution < 1.29 is 19.1 Å². The summed E-state index contributed by atoms with van der Waals surface area (Å²) in [7, 11) is 1.51. The Morgan fingerprint density at radius 2 is 1.94 bits per heavy atom. The number of carbonyl (C=O) groups is 2. The zero-order valence-electron chi connectivity index (χ0n) is 10.8. The molecule has 0 aromatic carbocycles. The van der Waals surface area contributed by atoms with Crippen LogP contribution in [0.25, 0.3) is 0 Å². The molecule has 0 spiro atoms. The maximum Gasteiger partial charge on any atom is 0.410 e. The first-order valence-electron chi connectivity index (χ1n) is 5.58. The van der Waals surface area contributed by atoms with Crippen molar-refractivity contribution in [1.29, 1.82) is 0 Å². The number of amides is 2. The molecule has 1 rings (SSSR count). The van der Waals surface area contributed by atoms with Crippen LogP contribution in [0.4, 0.5) is 4.79 Å². The number of nitrogens with one attached hydrogen (secondary N) is 1. The molecule has 1 aliphatic rings. The van der Waals surface area contributed by atoms with Crippen molar-refractivity contribution in [3.05, 3.63) is 0 Å². The normalized spacial score (nSPS) is 16.4. The summed E-state index contributed by atoms with van der Waals surface area (Å²) in [6.45, 7) is 6.45. The van der Waals surface area contributed by atoms with Crippen molar-refractivity contribution in [3.8, 4) is 0 Å². The molecule has 17 heavy (non-hydrogen) atoms. The zero-order valence-corrected chi connectivity index (χ0v) is 10.8. The molecule has 0 saturated carbocycles. The number of likely N-dealkylation sites (tertiary alicyclic amines) is 1. The highest BCUT2D eigenvalue weighted by Gasteiger charge is 2.37. The van der Waals surface area contributed by atoms with Crippen LogP contribution in [0.1, 0.15) is 20.8 Å². The quantitative estimate of drug-likeness (QED) is 0.737. The van der Waals surface area contributed by atoms with Gasteiger partial charge in [-0.3, -0.25) is 4.79 Å². The van der Waals surface area contributed by atoms with Gasteiger partial charge in [-0.25, -0.2) is 4.79 Å². The van der Waals surface area contributed by atoms with E-state index in [1.807, 2.05) is 20.8 Å². The molecule has 1 heterocycles. The Bertz CT molecular complexity index is 292. The summed E-state index contributed by atoms with van der Waals surface area (Å²) in [5.41, 5.74) is -0.500. The molecule has 6 nitrogen and oxygen atoms in total. The lowest BCUT2D eigenvalue weighted by Gasteiger charge is -2.38. The van der Waals surface area contributed by atoms with Crippen LogP contribution in [0.3, 0.4) is 0 Å². The van der Waals surface area contributed by atoms with E-state index in [0.717, 1.165) is 0 Å². The van der Waals surface area contributed by atoms with Gasteiger partial charge in [0.25, 0.3) is 0 Å². The fraction of sp³-hybridized carbons (Fsp3) is 0.818. The molecule has 0 aromatic heterocycles. The molecule has 0 bridgehead atoms. The van der Waals surface area contributed by atoms with Gasteiger partial charge in [0.05, 0.1) is 5.92 Å². The van der Waals surface area contributed by atoms with E-state index in [-0.39, 0.29) is 24.6 Å². The van der Waals surface area contributed by atoms with Crippen molar-refractivity contribution in [2.75, 3.05) is 26.9 Å². The first kappa shape index (κ1) is 13.8. The SMILES string of the molecule is COCNC(=O)C1CN(C(=O)OC(C)(C)C)C1. The van der Waals surface area contributed by atoms with Crippen LogP contribution >= 0.6 is 0 Å². The fourth-order valence-corrected chi connectivity index (χ4v) is 1.41. The first-order valence-corrected chi connectivity index (χ1v) is 5.58. The molecule has 98 valence electrons. The van der Waals surface area contributed by atoms with Gasteiger partial charge in [0, 0.05) is 20.2 Å². The van der Waals surface area contributed by atoms with Gasteiger partial charge in [-0.2, -0.15) is 0 Å². The van der Waals surface area contributed by atoms with Gasteiger partial charge < -0.3 is 19.7 Å². The van der Waals surface area contributed by atoms with Gasteiger partial charge in [0.15, 0.2) is 0 Å². The van der Waals surface area contributed by atoms with Crippen molar-refractivity contribution in [2.45, 2.75) is 26.4 Å². The number of methoxy groups -OCH3 is 1. The van der Waals surface area contributed by atoms with Gasteiger partial charge in [0.2, 0.25) is 5.91 Å². The van der Waals surface area contributed by atoms with Gasteiger partial charge in [0.1, 0.15) is 12.3 Å². The summed E-state index contributed by atoms with van der Waals surface area (Å²) in [5, 5.41) is 2.60. The van der Waals surface area contributed by atoms with Crippen LogP contribution in [-0.4, -0.2) is 49.4 Å². The Hall–Kier alpha value is -1.30. The number of carbonyl (C=O) groups excluding carboxylic acids is 2. The second-order valence-corrected chi connectivity index (χ2v) is 5.06. The fourth-order valence-electron chi connectivity index (χ4n) is 1.41. The Kier molecular flexibility index (Phi) is 4.34. The highest BCUT2D eigenvalue weighted by molar-refractivity contribution is 5.82. The largest absolute Gasteiger partial charge is 0.444 e. The Balaban J connectivity index is 2.27. The summed E-state index contributed by atoms with van der Waals surface area (Å²) >= 11 is 0. The number of hydrogen-bond acceptors (Lipinski definition) is 4.